The van der Waals surface area contributed by atoms with Crippen LogP contribution >= 0.6 is 0 Å². The number of carboxylic acids is 1. The van der Waals surface area contributed by atoms with Gasteiger partial charge in [-0.05, 0) is 34.7 Å². The number of rotatable bonds is 13. The van der Waals surface area contributed by atoms with Crippen LogP contribution in [0.1, 0.15) is 36.0 Å². The van der Waals surface area contributed by atoms with Gasteiger partial charge in [-0.3, -0.25) is 9.59 Å². The molecule has 9 heteroatoms. The lowest BCUT2D eigenvalue weighted by atomic mass is 9.98. The zero-order chi connectivity index (χ0) is 28.5. The summed E-state index contributed by atoms with van der Waals surface area (Å²) >= 11 is 0. The Labute approximate surface area is 233 Å². The maximum absolute atomic E-state index is 13.2. The van der Waals surface area contributed by atoms with Crippen LogP contribution in [0.3, 0.4) is 0 Å². The van der Waals surface area contributed by atoms with Gasteiger partial charge in [-0.2, -0.15) is 0 Å². The third-order valence-electron chi connectivity index (χ3n) is 6.96. The van der Waals surface area contributed by atoms with Crippen LogP contribution in [0, 0.1) is 0 Å². The van der Waals surface area contributed by atoms with Crippen LogP contribution in [0.2, 0.25) is 0 Å². The van der Waals surface area contributed by atoms with Gasteiger partial charge >= 0.3 is 12.1 Å². The number of amides is 2. The molecule has 1 aliphatic rings. The third-order valence-corrected chi connectivity index (χ3v) is 6.96. The number of hydrogen-bond acceptors (Lipinski definition) is 6. The first-order valence-electron chi connectivity index (χ1n) is 13.2. The molecule has 0 aliphatic heterocycles. The van der Waals surface area contributed by atoms with Crippen LogP contribution in [-0.2, 0) is 30.4 Å². The second kappa shape index (κ2) is 13.7. The zero-order valence-corrected chi connectivity index (χ0v) is 22.5. The molecule has 2 amide bonds. The highest BCUT2D eigenvalue weighted by molar-refractivity contribution is 5.86. The lowest BCUT2D eigenvalue weighted by Gasteiger charge is -2.25. The average Bonchev–Trinajstić information content (AvgIpc) is 3.29. The number of alkyl carbamates (subject to hydrolysis) is 1. The molecule has 210 valence electrons. The van der Waals surface area contributed by atoms with Gasteiger partial charge in [0.25, 0.3) is 0 Å². The molecule has 0 saturated heterocycles. The van der Waals surface area contributed by atoms with Gasteiger partial charge in [-0.1, -0.05) is 78.9 Å². The van der Waals surface area contributed by atoms with Gasteiger partial charge in [0.1, 0.15) is 12.6 Å². The molecule has 0 heterocycles. The summed E-state index contributed by atoms with van der Waals surface area (Å²) in [7, 11) is 1.37. The van der Waals surface area contributed by atoms with E-state index in [1.807, 2.05) is 66.7 Å². The summed E-state index contributed by atoms with van der Waals surface area (Å²) in [5.41, 5.74) is 5.29. The molecule has 3 aromatic rings. The lowest BCUT2D eigenvalue weighted by Crippen LogP contribution is -2.54. The van der Waals surface area contributed by atoms with Crippen LogP contribution in [-0.4, -0.2) is 61.6 Å². The lowest BCUT2D eigenvalue weighted by molar-refractivity contribution is -0.140. The minimum atomic E-state index is -1.10. The van der Waals surface area contributed by atoms with Gasteiger partial charge in [0.15, 0.2) is 0 Å². The molecule has 0 bridgehead atoms. The summed E-state index contributed by atoms with van der Waals surface area (Å²) in [5.74, 6) is -1.72. The Morgan fingerprint density at radius 2 is 1.50 bits per heavy atom. The maximum atomic E-state index is 13.2. The predicted molar refractivity (Wildman–Crippen MR) is 149 cm³/mol. The van der Waals surface area contributed by atoms with Crippen molar-refractivity contribution < 1.29 is 33.7 Å². The van der Waals surface area contributed by atoms with Crippen LogP contribution in [0.15, 0.2) is 78.9 Å². The van der Waals surface area contributed by atoms with Crippen molar-refractivity contribution in [2.45, 2.75) is 44.1 Å². The molecule has 0 spiro atoms. The topological polar surface area (TPSA) is 123 Å². The number of fused-ring (bicyclic) bond motifs is 3. The standard InChI is InChI=1S/C31H34N2O7/c1-20(39-18-21-10-4-3-5-11-21)29(30(36)32-17-22(38-2)16-28(34)35)33-31(37)40-19-27-25-14-8-6-12-23(25)24-13-7-9-15-26(24)27/h3-15,20,22,27,29H,16-19H2,1-2H3,(H,32,36)(H,33,37)(H,34,35). The van der Waals surface area contributed by atoms with E-state index in [1.165, 1.54) is 7.11 Å². The number of ether oxygens (including phenoxy) is 3. The Hall–Kier alpha value is -4.21. The fraction of sp³-hybridized carbons (Fsp3) is 0.323. The maximum Gasteiger partial charge on any atom is 0.407 e. The molecule has 4 rings (SSSR count). The van der Waals surface area contributed by atoms with E-state index in [9.17, 15) is 14.4 Å². The number of nitrogens with one attached hydrogen (secondary N) is 2. The monoisotopic (exact) mass is 546 g/mol. The Morgan fingerprint density at radius 3 is 2.10 bits per heavy atom. The molecule has 3 unspecified atom stereocenters. The molecule has 0 radical (unpaired) electrons. The van der Waals surface area contributed by atoms with E-state index in [-0.39, 0.29) is 32.1 Å². The van der Waals surface area contributed by atoms with Crippen LogP contribution in [0.5, 0.6) is 0 Å². The van der Waals surface area contributed by atoms with E-state index in [2.05, 4.69) is 22.8 Å². The minimum Gasteiger partial charge on any atom is -0.481 e. The van der Waals surface area contributed by atoms with Crippen molar-refractivity contribution in [2.24, 2.45) is 0 Å². The molecule has 0 fully saturated rings. The van der Waals surface area contributed by atoms with Crippen molar-refractivity contribution in [3.8, 4) is 11.1 Å². The van der Waals surface area contributed by atoms with Crippen molar-refractivity contribution in [1.82, 2.24) is 10.6 Å². The molecule has 40 heavy (non-hydrogen) atoms. The van der Waals surface area contributed by atoms with E-state index in [1.54, 1.807) is 6.92 Å². The summed E-state index contributed by atoms with van der Waals surface area (Å²) in [4.78, 5) is 37.2. The molecule has 0 saturated carbocycles. The summed E-state index contributed by atoms with van der Waals surface area (Å²) < 4.78 is 16.7. The minimum absolute atomic E-state index is 0.0457. The molecule has 3 atom stereocenters. The predicted octanol–water partition coefficient (Wildman–Crippen LogP) is 4.10. The first-order chi connectivity index (χ1) is 19.4. The first-order valence-corrected chi connectivity index (χ1v) is 13.2. The Bertz CT molecular complexity index is 1270. The van der Waals surface area contributed by atoms with Crippen LogP contribution in [0.4, 0.5) is 4.79 Å². The summed E-state index contributed by atoms with van der Waals surface area (Å²) in [6.07, 6.45) is -2.48. The number of carbonyl (C=O) groups is 3. The quantitative estimate of drug-likeness (QED) is 0.295. The van der Waals surface area contributed by atoms with E-state index in [4.69, 9.17) is 19.3 Å². The van der Waals surface area contributed by atoms with Gasteiger partial charge in [0.05, 0.1) is 25.2 Å². The van der Waals surface area contributed by atoms with Gasteiger partial charge in [0.2, 0.25) is 5.91 Å². The Balaban J connectivity index is 1.42. The van der Waals surface area contributed by atoms with Crippen molar-refractivity contribution >= 4 is 18.0 Å². The summed E-state index contributed by atoms with van der Waals surface area (Å²) in [6, 6.07) is 24.4. The highest BCUT2D eigenvalue weighted by Crippen LogP contribution is 2.44. The van der Waals surface area contributed by atoms with Crippen molar-refractivity contribution in [2.75, 3.05) is 20.3 Å². The number of carboxylic acid groups (broad SMARTS) is 1. The largest absolute Gasteiger partial charge is 0.481 e. The van der Waals surface area contributed by atoms with Gasteiger partial charge < -0.3 is 30.0 Å². The smallest absolute Gasteiger partial charge is 0.407 e. The highest BCUT2D eigenvalue weighted by Gasteiger charge is 2.32. The van der Waals surface area contributed by atoms with Crippen molar-refractivity contribution in [3.63, 3.8) is 0 Å². The average molecular weight is 547 g/mol. The van der Waals surface area contributed by atoms with E-state index in [0.29, 0.717) is 0 Å². The molecular weight excluding hydrogens is 512 g/mol. The Morgan fingerprint density at radius 1 is 0.900 bits per heavy atom. The zero-order valence-electron chi connectivity index (χ0n) is 22.5. The van der Waals surface area contributed by atoms with Gasteiger partial charge in [-0.25, -0.2) is 4.79 Å². The molecule has 9 nitrogen and oxygen atoms in total. The highest BCUT2D eigenvalue weighted by atomic mass is 16.5. The third kappa shape index (κ3) is 7.25. The van der Waals surface area contributed by atoms with E-state index < -0.39 is 36.2 Å². The first kappa shape index (κ1) is 28.8. The molecule has 3 N–H and O–H groups in total. The fourth-order valence-electron chi connectivity index (χ4n) is 4.82. The number of aliphatic carboxylic acids is 1. The number of methoxy groups -OCH3 is 1. The summed E-state index contributed by atoms with van der Waals surface area (Å²) in [6.45, 7) is 1.97. The van der Waals surface area contributed by atoms with Crippen LogP contribution < -0.4 is 10.6 Å². The molecule has 1 aliphatic carbocycles. The molecule has 3 aromatic carbocycles. The van der Waals surface area contributed by atoms with Crippen LogP contribution in [0.25, 0.3) is 11.1 Å². The second-order valence-corrected chi connectivity index (χ2v) is 9.65. The molecule has 0 aromatic heterocycles. The fourth-order valence-corrected chi connectivity index (χ4v) is 4.82. The Kier molecular flexibility index (Phi) is 9.88. The van der Waals surface area contributed by atoms with E-state index >= 15 is 0 Å². The van der Waals surface area contributed by atoms with Gasteiger partial charge in [0, 0.05) is 19.6 Å². The molecular formula is C31H34N2O7. The number of benzene rings is 3. The number of carbonyl (C=O) groups excluding carboxylic acids is 2. The summed E-state index contributed by atoms with van der Waals surface area (Å²) in [5, 5.41) is 14.4. The SMILES string of the molecule is COC(CNC(=O)C(NC(=O)OCC1c2ccccc2-c2ccccc21)C(C)OCc1ccccc1)CC(=O)O. The van der Waals surface area contributed by atoms with E-state index in [0.717, 1.165) is 27.8 Å². The second-order valence-electron chi connectivity index (χ2n) is 9.65. The number of hydrogen-bond donors (Lipinski definition) is 3. The van der Waals surface area contributed by atoms with Crippen molar-refractivity contribution in [1.29, 1.82) is 0 Å². The normalized spacial score (nSPS) is 14.3. The van der Waals surface area contributed by atoms with Gasteiger partial charge in [-0.15, -0.1) is 0 Å². The van der Waals surface area contributed by atoms with Crippen molar-refractivity contribution in [3.05, 3.63) is 95.6 Å².